The van der Waals surface area contributed by atoms with Crippen LogP contribution in [0.4, 0.5) is 5.69 Å². The Morgan fingerprint density at radius 2 is 1.59 bits per heavy atom. The summed E-state index contributed by atoms with van der Waals surface area (Å²) < 4.78 is 17.6. The maximum absolute atomic E-state index is 5.96. The first-order chi connectivity index (χ1) is 13.9. The summed E-state index contributed by atoms with van der Waals surface area (Å²) in [5, 5.41) is 0. The monoisotopic (exact) mass is 395 g/mol. The number of fused-ring (bicyclic) bond motifs is 1. The zero-order valence-electron chi connectivity index (χ0n) is 18.3. The summed E-state index contributed by atoms with van der Waals surface area (Å²) in [5.74, 6) is 0.891. The Labute approximate surface area is 175 Å². The third-order valence-electron chi connectivity index (χ3n) is 4.69. The highest BCUT2D eigenvalue weighted by Crippen LogP contribution is 2.33. The molecule has 0 amide bonds. The third-order valence-corrected chi connectivity index (χ3v) is 4.69. The van der Waals surface area contributed by atoms with E-state index in [1.165, 1.54) is 22.4 Å². The van der Waals surface area contributed by atoms with E-state index in [1.807, 2.05) is 13.8 Å². The molecular formula is C25H33NO3. The van der Waals surface area contributed by atoms with Gasteiger partial charge in [-0.3, -0.25) is 0 Å². The molecule has 0 N–H and O–H groups in total. The van der Waals surface area contributed by atoms with Crippen molar-refractivity contribution in [2.24, 2.45) is 0 Å². The van der Waals surface area contributed by atoms with Gasteiger partial charge in [-0.1, -0.05) is 30.3 Å². The highest BCUT2D eigenvalue weighted by atomic mass is 16.7. The average Bonchev–Trinajstić information content (AvgIpc) is 2.67. The molecule has 0 aliphatic carbocycles. The highest BCUT2D eigenvalue weighted by Gasteiger charge is 2.22. The molecule has 0 radical (unpaired) electrons. The van der Waals surface area contributed by atoms with Crippen molar-refractivity contribution in [3.63, 3.8) is 0 Å². The van der Waals surface area contributed by atoms with Gasteiger partial charge in [0.2, 0.25) is 0 Å². The van der Waals surface area contributed by atoms with E-state index < -0.39 is 0 Å². The van der Waals surface area contributed by atoms with Gasteiger partial charge in [0.25, 0.3) is 0 Å². The predicted molar refractivity (Wildman–Crippen MR) is 120 cm³/mol. The van der Waals surface area contributed by atoms with Gasteiger partial charge in [-0.2, -0.15) is 0 Å². The molecule has 4 nitrogen and oxygen atoms in total. The lowest BCUT2D eigenvalue weighted by atomic mass is 9.97. The van der Waals surface area contributed by atoms with Crippen molar-refractivity contribution in [1.29, 1.82) is 0 Å². The number of ether oxygens (including phenoxy) is 3. The van der Waals surface area contributed by atoms with Gasteiger partial charge in [-0.25, -0.2) is 0 Å². The minimum atomic E-state index is -0.236. The van der Waals surface area contributed by atoms with Gasteiger partial charge >= 0.3 is 0 Å². The summed E-state index contributed by atoms with van der Waals surface area (Å²) >= 11 is 0. The molecule has 29 heavy (non-hydrogen) atoms. The Balaban J connectivity index is 1.84. The van der Waals surface area contributed by atoms with E-state index in [2.05, 4.69) is 80.3 Å². The van der Waals surface area contributed by atoms with E-state index >= 15 is 0 Å². The maximum Gasteiger partial charge on any atom is 0.174 e. The van der Waals surface area contributed by atoms with Gasteiger partial charge in [0.05, 0.1) is 6.54 Å². The molecule has 0 bridgehead atoms. The minimum absolute atomic E-state index is 0.199. The van der Waals surface area contributed by atoms with Gasteiger partial charge in [-0.05, 0) is 75.6 Å². The number of hydrogen-bond donors (Lipinski definition) is 0. The number of anilines is 1. The largest absolute Gasteiger partial charge is 0.488 e. The summed E-state index contributed by atoms with van der Waals surface area (Å²) in [6, 6.07) is 16.9. The van der Waals surface area contributed by atoms with Crippen LogP contribution in [0.5, 0.6) is 5.75 Å². The van der Waals surface area contributed by atoms with E-state index in [4.69, 9.17) is 14.2 Å². The third kappa shape index (κ3) is 5.84. The van der Waals surface area contributed by atoms with Crippen LogP contribution in [-0.2, 0) is 9.47 Å². The fraction of sp³-hybridized carbons (Fsp3) is 0.440. The lowest BCUT2D eigenvalue weighted by molar-refractivity contribution is -0.129. The molecule has 0 saturated carbocycles. The van der Waals surface area contributed by atoms with Crippen molar-refractivity contribution in [2.45, 2.75) is 46.5 Å². The van der Waals surface area contributed by atoms with Crippen molar-refractivity contribution < 1.29 is 14.2 Å². The summed E-state index contributed by atoms with van der Waals surface area (Å²) in [6.45, 7) is 13.0. The maximum atomic E-state index is 5.96. The Kier molecular flexibility index (Phi) is 6.99. The van der Waals surface area contributed by atoms with Crippen LogP contribution >= 0.6 is 0 Å². The first kappa shape index (κ1) is 21.4. The lowest BCUT2D eigenvalue weighted by Gasteiger charge is -2.34. The number of rotatable bonds is 8. The van der Waals surface area contributed by atoms with Crippen LogP contribution in [0, 0.1) is 0 Å². The van der Waals surface area contributed by atoms with Crippen molar-refractivity contribution in [3.05, 3.63) is 59.7 Å². The van der Waals surface area contributed by atoms with E-state index in [0.29, 0.717) is 19.8 Å². The zero-order valence-corrected chi connectivity index (χ0v) is 18.3. The topological polar surface area (TPSA) is 30.9 Å². The van der Waals surface area contributed by atoms with Crippen LogP contribution in [0.1, 0.15) is 45.7 Å². The summed E-state index contributed by atoms with van der Waals surface area (Å²) in [4.78, 5) is 2.35. The van der Waals surface area contributed by atoms with E-state index in [1.54, 1.807) is 0 Å². The molecule has 0 fully saturated rings. The smallest absolute Gasteiger partial charge is 0.174 e. The average molecular weight is 396 g/mol. The molecule has 0 aromatic heterocycles. The van der Waals surface area contributed by atoms with Crippen molar-refractivity contribution in [1.82, 2.24) is 0 Å². The summed E-state index contributed by atoms with van der Waals surface area (Å²) in [6.07, 6.45) is 2.04. The molecule has 156 valence electrons. The molecule has 2 aromatic rings. The second-order valence-corrected chi connectivity index (χ2v) is 8.19. The second-order valence-electron chi connectivity index (χ2n) is 8.19. The van der Waals surface area contributed by atoms with E-state index in [-0.39, 0.29) is 11.9 Å². The van der Waals surface area contributed by atoms with Gasteiger partial charge in [-0.15, -0.1) is 0 Å². The highest BCUT2D eigenvalue weighted by molar-refractivity contribution is 5.91. The van der Waals surface area contributed by atoms with Gasteiger partial charge in [0, 0.05) is 25.4 Å². The lowest BCUT2D eigenvalue weighted by Crippen LogP contribution is -2.38. The van der Waals surface area contributed by atoms with Crippen LogP contribution in [0.15, 0.2) is 48.5 Å². The first-order valence-corrected chi connectivity index (χ1v) is 10.5. The molecule has 3 rings (SSSR count). The first-order valence-electron chi connectivity index (χ1n) is 10.5. The van der Waals surface area contributed by atoms with Gasteiger partial charge < -0.3 is 19.1 Å². The number of hydrogen-bond acceptors (Lipinski definition) is 4. The Bertz CT molecular complexity index is 815. The quantitative estimate of drug-likeness (QED) is 0.543. The van der Waals surface area contributed by atoms with Gasteiger partial charge in [0.1, 0.15) is 11.4 Å². The molecule has 0 spiro atoms. The number of benzene rings is 2. The summed E-state index contributed by atoms with van der Waals surface area (Å²) in [7, 11) is 0. The molecule has 0 saturated heterocycles. The van der Waals surface area contributed by atoms with E-state index in [0.717, 1.165) is 12.3 Å². The molecule has 0 unspecified atom stereocenters. The number of nitrogens with zero attached hydrogens (tertiary/aromatic N) is 1. The predicted octanol–water partition coefficient (Wildman–Crippen LogP) is 5.62. The molecule has 0 atom stereocenters. The van der Waals surface area contributed by atoms with Crippen LogP contribution in [-0.4, -0.2) is 38.2 Å². The molecule has 1 heterocycles. The molecule has 1 aliphatic rings. The van der Waals surface area contributed by atoms with Crippen LogP contribution in [0.3, 0.4) is 0 Å². The number of para-hydroxylation sites is 1. The van der Waals surface area contributed by atoms with Crippen LogP contribution in [0.2, 0.25) is 0 Å². The van der Waals surface area contributed by atoms with Crippen molar-refractivity contribution in [2.75, 3.05) is 31.2 Å². The summed E-state index contributed by atoms with van der Waals surface area (Å²) in [5.41, 5.74) is 4.71. The van der Waals surface area contributed by atoms with Crippen molar-refractivity contribution in [3.8, 4) is 5.75 Å². The van der Waals surface area contributed by atoms with Gasteiger partial charge in [0.15, 0.2) is 6.29 Å². The Hall–Kier alpha value is -2.30. The SMILES string of the molecule is CCOC(CN1CC(c2ccc(OC(C)(C)C)cc2)=Cc2ccccc21)OCC. The zero-order chi connectivity index (χ0) is 20.9. The Morgan fingerprint density at radius 1 is 0.931 bits per heavy atom. The molecule has 4 heteroatoms. The molecule has 1 aliphatic heterocycles. The molecular weight excluding hydrogens is 362 g/mol. The Morgan fingerprint density at radius 3 is 2.21 bits per heavy atom. The normalized spacial score (nSPS) is 14.0. The minimum Gasteiger partial charge on any atom is -0.488 e. The van der Waals surface area contributed by atoms with E-state index in [9.17, 15) is 0 Å². The van der Waals surface area contributed by atoms with Crippen LogP contribution in [0.25, 0.3) is 11.6 Å². The fourth-order valence-corrected chi connectivity index (χ4v) is 3.56. The fourth-order valence-electron chi connectivity index (χ4n) is 3.56. The van der Waals surface area contributed by atoms with Crippen molar-refractivity contribution >= 4 is 17.3 Å². The van der Waals surface area contributed by atoms with Crippen LogP contribution < -0.4 is 9.64 Å². The molecule has 2 aromatic carbocycles. The second kappa shape index (κ2) is 9.47. The standard InChI is InChI=1S/C25H33NO3/c1-6-27-24(28-7-2)18-26-17-21(16-20-10-8-9-11-23(20)26)19-12-14-22(15-13-19)29-25(3,4)5/h8-16,24H,6-7,17-18H2,1-5H3.